The summed E-state index contributed by atoms with van der Waals surface area (Å²) in [5.41, 5.74) is 2.19. The van der Waals surface area contributed by atoms with E-state index < -0.39 is 0 Å². The van der Waals surface area contributed by atoms with Gasteiger partial charge in [0.1, 0.15) is 5.65 Å². The summed E-state index contributed by atoms with van der Waals surface area (Å²) in [6.07, 6.45) is 4.88. The lowest BCUT2D eigenvalue weighted by atomic mass is 9.98. The van der Waals surface area contributed by atoms with Crippen molar-refractivity contribution in [3.8, 4) is 0 Å². The molecule has 14 heavy (non-hydrogen) atoms. The fourth-order valence-corrected chi connectivity index (χ4v) is 2.00. The minimum absolute atomic E-state index is 0.476. The van der Waals surface area contributed by atoms with Gasteiger partial charge in [-0.1, -0.05) is 11.6 Å². The molecule has 0 saturated carbocycles. The number of nitrogens with zero attached hydrogens (tertiary/aromatic N) is 1. The third kappa shape index (κ3) is 1.13. The molecule has 0 radical (unpaired) electrons. The van der Waals surface area contributed by atoms with Gasteiger partial charge in [0.2, 0.25) is 0 Å². The van der Waals surface area contributed by atoms with E-state index in [9.17, 15) is 0 Å². The Hall–Kier alpha value is -1.06. The van der Waals surface area contributed by atoms with Crippen LogP contribution in [-0.4, -0.2) is 16.5 Å². The summed E-state index contributed by atoms with van der Waals surface area (Å²) in [6.45, 7) is 1.10. The van der Waals surface area contributed by atoms with Crippen molar-refractivity contribution in [2.45, 2.75) is 12.5 Å². The Morgan fingerprint density at radius 3 is 3.07 bits per heavy atom. The van der Waals surface area contributed by atoms with Gasteiger partial charge in [0.05, 0.1) is 5.02 Å². The number of halogens is 1. The fourth-order valence-electron chi connectivity index (χ4n) is 1.84. The summed E-state index contributed by atoms with van der Waals surface area (Å²) < 4.78 is 0. The molecule has 0 aromatic carbocycles. The van der Waals surface area contributed by atoms with E-state index in [4.69, 9.17) is 11.6 Å². The predicted octanol–water partition coefficient (Wildman–Crippen LogP) is 2.25. The van der Waals surface area contributed by atoms with Crippen molar-refractivity contribution in [3.05, 3.63) is 29.0 Å². The summed E-state index contributed by atoms with van der Waals surface area (Å²) in [5, 5.41) is 5.19. The van der Waals surface area contributed by atoms with Crippen LogP contribution in [0, 0.1) is 0 Å². The van der Waals surface area contributed by atoms with Gasteiger partial charge < -0.3 is 10.3 Å². The largest absolute Gasteiger partial charge is 0.346 e. The van der Waals surface area contributed by atoms with Crippen LogP contribution in [0.1, 0.15) is 18.0 Å². The lowest BCUT2D eigenvalue weighted by Gasteiger charge is -2.27. The number of aromatic nitrogens is 2. The highest BCUT2D eigenvalue weighted by molar-refractivity contribution is 6.31. The quantitative estimate of drug-likeness (QED) is 0.753. The van der Waals surface area contributed by atoms with Crippen LogP contribution in [0.3, 0.4) is 0 Å². The zero-order chi connectivity index (χ0) is 9.54. The molecule has 3 rings (SSSR count). The smallest absolute Gasteiger partial charge is 0.137 e. The van der Waals surface area contributed by atoms with E-state index in [0.717, 1.165) is 17.6 Å². The first-order chi connectivity index (χ1) is 6.84. The summed E-state index contributed by atoms with van der Waals surface area (Å²) in [5.74, 6) is 0. The van der Waals surface area contributed by atoms with E-state index in [1.165, 1.54) is 12.0 Å². The summed E-state index contributed by atoms with van der Waals surface area (Å²) in [7, 11) is 0. The van der Waals surface area contributed by atoms with Crippen molar-refractivity contribution in [3.63, 3.8) is 0 Å². The van der Waals surface area contributed by atoms with Crippen molar-refractivity contribution in [1.29, 1.82) is 0 Å². The molecule has 3 nitrogen and oxygen atoms in total. The Kier molecular flexibility index (Phi) is 1.75. The van der Waals surface area contributed by atoms with Crippen LogP contribution in [0.5, 0.6) is 0 Å². The molecule has 0 spiro atoms. The Morgan fingerprint density at radius 2 is 2.36 bits per heavy atom. The van der Waals surface area contributed by atoms with Crippen LogP contribution in [0.15, 0.2) is 18.5 Å². The molecule has 0 unspecified atom stereocenters. The summed E-state index contributed by atoms with van der Waals surface area (Å²) >= 11 is 5.92. The highest BCUT2D eigenvalue weighted by Crippen LogP contribution is 2.30. The summed E-state index contributed by atoms with van der Waals surface area (Å²) in [6, 6.07) is 2.44. The number of aromatic amines is 1. The summed E-state index contributed by atoms with van der Waals surface area (Å²) in [4.78, 5) is 7.38. The zero-order valence-electron chi connectivity index (χ0n) is 7.55. The molecule has 3 heterocycles. The Balaban J connectivity index is 2.18. The van der Waals surface area contributed by atoms with Gasteiger partial charge in [-0.15, -0.1) is 0 Å². The standard InChI is InChI=1S/C10H10ClN3/c11-6-3-7-8(9-1-2-12-9)5-14-10(7)13-4-6/h3-5,9,12H,1-2H2,(H,13,14)/t9-/m1/s1. The van der Waals surface area contributed by atoms with Crippen LogP contribution >= 0.6 is 11.6 Å². The first-order valence-electron chi connectivity index (χ1n) is 4.70. The number of hydrogen-bond acceptors (Lipinski definition) is 2. The van der Waals surface area contributed by atoms with Crippen molar-refractivity contribution in [2.75, 3.05) is 6.54 Å². The van der Waals surface area contributed by atoms with E-state index in [-0.39, 0.29) is 0 Å². The molecule has 1 fully saturated rings. The third-order valence-corrected chi connectivity index (χ3v) is 2.94. The third-order valence-electron chi connectivity index (χ3n) is 2.73. The van der Waals surface area contributed by atoms with E-state index >= 15 is 0 Å². The second-order valence-corrected chi connectivity index (χ2v) is 4.03. The number of fused-ring (bicyclic) bond motifs is 1. The Morgan fingerprint density at radius 1 is 1.50 bits per heavy atom. The van der Waals surface area contributed by atoms with Crippen LogP contribution < -0.4 is 5.32 Å². The van der Waals surface area contributed by atoms with Gasteiger partial charge in [-0.2, -0.15) is 0 Å². The second-order valence-electron chi connectivity index (χ2n) is 3.59. The molecule has 0 bridgehead atoms. The van der Waals surface area contributed by atoms with Crippen LogP contribution in [-0.2, 0) is 0 Å². The molecule has 1 saturated heterocycles. The molecule has 0 aliphatic carbocycles. The maximum absolute atomic E-state index is 5.92. The minimum atomic E-state index is 0.476. The molecule has 1 aliphatic rings. The van der Waals surface area contributed by atoms with Crippen molar-refractivity contribution < 1.29 is 0 Å². The topological polar surface area (TPSA) is 40.7 Å². The van der Waals surface area contributed by atoms with Gasteiger partial charge in [-0.3, -0.25) is 0 Å². The number of nitrogens with one attached hydrogen (secondary N) is 2. The Labute approximate surface area is 86.5 Å². The molecular weight excluding hydrogens is 198 g/mol. The zero-order valence-corrected chi connectivity index (χ0v) is 8.30. The van der Waals surface area contributed by atoms with Gasteiger partial charge in [0.15, 0.2) is 0 Å². The lowest BCUT2D eigenvalue weighted by Crippen LogP contribution is -2.34. The minimum Gasteiger partial charge on any atom is -0.346 e. The van der Waals surface area contributed by atoms with Gasteiger partial charge in [-0.05, 0) is 24.6 Å². The average molecular weight is 208 g/mol. The van der Waals surface area contributed by atoms with Crippen LogP contribution in [0.25, 0.3) is 11.0 Å². The predicted molar refractivity (Wildman–Crippen MR) is 56.5 cm³/mol. The number of hydrogen-bond donors (Lipinski definition) is 2. The molecule has 2 aromatic rings. The van der Waals surface area contributed by atoms with E-state index in [1.54, 1.807) is 6.20 Å². The first kappa shape index (κ1) is 8.26. The van der Waals surface area contributed by atoms with Gasteiger partial charge in [0.25, 0.3) is 0 Å². The maximum Gasteiger partial charge on any atom is 0.137 e. The van der Waals surface area contributed by atoms with Crippen molar-refractivity contribution in [2.24, 2.45) is 0 Å². The molecule has 1 atom stereocenters. The molecule has 0 amide bonds. The van der Waals surface area contributed by atoms with E-state index in [2.05, 4.69) is 15.3 Å². The average Bonchev–Trinajstić information content (AvgIpc) is 2.46. The number of rotatable bonds is 1. The van der Waals surface area contributed by atoms with E-state index in [0.29, 0.717) is 11.1 Å². The molecule has 2 N–H and O–H groups in total. The van der Waals surface area contributed by atoms with Crippen molar-refractivity contribution >= 4 is 22.6 Å². The van der Waals surface area contributed by atoms with Crippen LogP contribution in [0.2, 0.25) is 5.02 Å². The number of pyridine rings is 1. The monoisotopic (exact) mass is 207 g/mol. The molecule has 2 aromatic heterocycles. The second kappa shape index (κ2) is 2.97. The van der Waals surface area contributed by atoms with Gasteiger partial charge in [-0.25, -0.2) is 4.98 Å². The SMILES string of the molecule is Clc1cnc2[nH]cc([C@H]3CCN3)c2c1. The van der Waals surface area contributed by atoms with E-state index in [1.807, 2.05) is 12.3 Å². The van der Waals surface area contributed by atoms with Gasteiger partial charge >= 0.3 is 0 Å². The molecular formula is C10H10ClN3. The normalized spacial score (nSPS) is 21.1. The maximum atomic E-state index is 5.92. The lowest BCUT2D eigenvalue weighted by molar-refractivity contribution is 0.385. The highest BCUT2D eigenvalue weighted by atomic mass is 35.5. The number of H-pyrrole nitrogens is 1. The molecule has 1 aliphatic heterocycles. The van der Waals surface area contributed by atoms with Gasteiger partial charge in [0, 0.05) is 23.8 Å². The highest BCUT2D eigenvalue weighted by Gasteiger charge is 2.21. The molecule has 4 heteroatoms. The fraction of sp³-hybridized carbons (Fsp3) is 0.300. The Bertz CT molecular complexity index is 473. The molecule has 72 valence electrons. The van der Waals surface area contributed by atoms with Crippen LogP contribution in [0.4, 0.5) is 0 Å². The van der Waals surface area contributed by atoms with Crippen molar-refractivity contribution in [1.82, 2.24) is 15.3 Å². The first-order valence-corrected chi connectivity index (χ1v) is 5.08.